The number of hydrogen-bond acceptors (Lipinski definition) is 5. The first-order valence-electron chi connectivity index (χ1n) is 31.0. The van der Waals surface area contributed by atoms with Crippen molar-refractivity contribution in [2.75, 3.05) is 40.9 Å². The number of nitrogens with zero attached hydrogens (tertiary/aromatic N) is 1. The molecular weight excluding hydrogens is 936 g/mol. The van der Waals surface area contributed by atoms with Crippen LogP contribution in [0.15, 0.2) is 85.1 Å². The Morgan fingerprint density at radius 2 is 0.824 bits per heavy atom. The minimum absolute atomic E-state index is 0.0524. The molecule has 430 valence electrons. The maximum Gasteiger partial charge on any atom is 0.472 e. The third-order valence-corrected chi connectivity index (χ3v) is 14.6. The molecule has 0 bridgehead atoms. The van der Waals surface area contributed by atoms with Crippen LogP contribution in [0.25, 0.3) is 0 Å². The molecule has 9 heteroatoms. The number of aliphatic hydroxyl groups excluding tert-OH is 1. The van der Waals surface area contributed by atoms with Crippen LogP contribution in [0.2, 0.25) is 0 Å². The first-order chi connectivity index (χ1) is 36.0. The van der Waals surface area contributed by atoms with Crippen LogP contribution in [0.4, 0.5) is 0 Å². The van der Waals surface area contributed by atoms with Gasteiger partial charge in [-0.15, -0.1) is 0 Å². The molecule has 0 aliphatic carbocycles. The van der Waals surface area contributed by atoms with Crippen LogP contribution < -0.4 is 5.32 Å². The number of quaternary nitrogens is 1. The number of aliphatic hydroxyl groups is 1. The summed E-state index contributed by atoms with van der Waals surface area (Å²) in [6, 6.07) is -0.871. The second-order valence-corrected chi connectivity index (χ2v) is 23.5. The predicted octanol–water partition coefficient (Wildman–Crippen LogP) is 19.2. The van der Waals surface area contributed by atoms with Crippen molar-refractivity contribution in [3.8, 4) is 0 Å². The largest absolute Gasteiger partial charge is 0.472 e. The van der Waals surface area contributed by atoms with Gasteiger partial charge in [0.1, 0.15) is 13.2 Å². The fourth-order valence-corrected chi connectivity index (χ4v) is 9.53. The zero-order chi connectivity index (χ0) is 54.2. The summed E-state index contributed by atoms with van der Waals surface area (Å²) in [6.45, 7) is 4.70. The molecule has 74 heavy (non-hydrogen) atoms. The molecule has 0 fully saturated rings. The summed E-state index contributed by atoms with van der Waals surface area (Å²) in [5.74, 6) is -0.191. The molecule has 0 rings (SSSR count). The van der Waals surface area contributed by atoms with Crippen LogP contribution in [0.1, 0.15) is 271 Å². The van der Waals surface area contributed by atoms with E-state index in [0.717, 1.165) is 70.6 Å². The van der Waals surface area contributed by atoms with E-state index in [9.17, 15) is 19.4 Å². The van der Waals surface area contributed by atoms with Gasteiger partial charge in [-0.05, 0) is 77.0 Å². The number of unbranched alkanes of at least 4 members (excludes halogenated alkanes) is 31. The molecule has 0 aliphatic heterocycles. The zero-order valence-electron chi connectivity index (χ0n) is 49.1. The summed E-state index contributed by atoms with van der Waals surface area (Å²) >= 11 is 0. The number of amides is 1. The highest BCUT2D eigenvalue weighted by Crippen LogP contribution is 2.43. The lowest BCUT2D eigenvalue weighted by atomic mass is 10.0. The van der Waals surface area contributed by atoms with Gasteiger partial charge in [0.2, 0.25) is 5.91 Å². The second kappa shape index (κ2) is 55.4. The summed E-state index contributed by atoms with van der Waals surface area (Å²) < 4.78 is 23.7. The van der Waals surface area contributed by atoms with Crippen molar-refractivity contribution in [2.24, 2.45) is 0 Å². The Morgan fingerprint density at radius 1 is 0.473 bits per heavy atom. The van der Waals surface area contributed by atoms with Crippen molar-refractivity contribution in [1.29, 1.82) is 0 Å². The van der Waals surface area contributed by atoms with Crippen molar-refractivity contribution in [3.05, 3.63) is 85.1 Å². The van der Waals surface area contributed by atoms with Crippen molar-refractivity contribution < 1.29 is 32.9 Å². The normalized spacial score (nSPS) is 14.4. The van der Waals surface area contributed by atoms with E-state index in [4.69, 9.17) is 9.05 Å². The van der Waals surface area contributed by atoms with Crippen molar-refractivity contribution in [3.63, 3.8) is 0 Å². The van der Waals surface area contributed by atoms with E-state index in [1.807, 2.05) is 27.2 Å². The molecule has 0 aromatic rings. The molecule has 0 spiro atoms. The molecule has 0 heterocycles. The number of carbonyl (C=O) groups excluding carboxylic acids is 1. The highest BCUT2D eigenvalue weighted by molar-refractivity contribution is 7.47. The number of phosphoric acid groups is 1. The van der Waals surface area contributed by atoms with Gasteiger partial charge >= 0.3 is 7.82 Å². The Balaban J connectivity index is 4.22. The second-order valence-electron chi connectivity index (χ2n) is 22.0. The van der Waals surface area contributed by atoms with Gasteiger partial charge in [0, 0.05) is 6.42 Å². The maximum atomic E-state index is 13.0. The minimum Gasteiger partial charge on any atom is -0.387 e. The summed E-state index contributed by atoms with van der Waals surface area (Å²) in [5, 5.41) is 13.9. The van der Waals surface area contributed by atoms with Gasteiger partial charge in [0.05, 0.1) is 39.9 Å². The Labute approximate surface area is 458 Å². The summed E-state index contributed by atoms with van der Waals surface area (Å²) in [7, 11) is 1.55. The Hall–Kier alpha value is -2.32. The van der Waals surface area contributed by atoms with E-state index in [-0.39, 0.29) is 19.1 Å². The van der Waals surface area contributed by atoms with Crippen molar-refractivity contribution in [2.45, 2.75) is 283 Å². The van der Waals surface area contributed by atoms with E-state index in [1.165, 1.54) is 180 Å². The van der Waals surface area contributed by atoms with E-state index in [0.29, 0.717) is 17.4 Å². The van der Waals surface area contributed by atoms with Crippen LogP contribution in [-0.2, 0) is 18.4 Å². The highest BCUT2D eigenvalue weighted by atomic mass is 31.2. The number of nitrogens with one attached hydrogen (secondary N) is 1. The quantitative estimate of drug-likeness (QED) is 0.0243. The molecule has 1 amide bonds. The van der Waals surface area contributed by atoms with Crippen LogP contribution in [0.5, 0.6) is 0 Å². The first kappa shape index (κ1) is 71.7. The number of rotatable bonds is 56. The SMILES string of the molecule is CC/C=C\C/C=C\C/C=C\C/C=C\C/C=C\CCCCCCCCCCCCCC(=O)NC(COP(=O)(O)OCC[N+](C)(C)C)C(O)/C=C/CC/C=C/CCCCCCCCCCCCCCCCCCCCC. The van der Waals surface area contributed by atoms with E-state index >= 15 is 0 Å². The molecule has 0 aromatic heterocycles. The number of carbonyl (C=O) groups is 1. The summed E-state index contributed by atoms with van der Waals surface area (Å²) in [5.41, 5.74) is 0. The standard InChI is InChI=1S/C65H119N2O6P/c1-6-8-10-12-14-16-18-20-22-24-26-28-30-32-33-35-37-39-41-43-45-47-49-51-53-55-57-59-65(69)66-63(62-73-74(70,71)72-61-60-67(3,4)5)64(68)58-56-54-52-50-48-46-44-42-40-38-36-34-31-29-27-25-23-21-19-17-15-13-11-9-7-2/h8,10,14,16,20,22,26,28,32-33,48,50,56,58,63-64,68H,6-7,9,11-13,15,17-19,21,23-25,27,29-31,34-47,49,51-55,57,59-62H2,1-5H3,(H-,66,69,70,71)/p+1/b10-8-,16-14-,22-20-,28-26-,33-32-,50-48+,58-56+. The average Bonchev–Trinajstić information content (AvgIpc) is 3.36. The lowest BCUT2D eigenvalue weighted by molar-refractivity contribution is -0.870. The molecular formula is C65H120N2O6P+. The fourth-order valence-electron chi connectivity index (χ4n) is 8.79. The van der Waals surface area contributed by atoms with E-state index < -0.39 is 20.0 Å². The molecule has 0 aromatic carbocycles. The van der Waals surface area contributed by atoms with E-state index in [1.54, 1.807) is 6.08 Å². The lowest BCUT2D eigenvalue weighted by Gasteiger charge is -2.25. The van der Waals surface area contributed by atoms with Gasteiger partial charge < -0.3 is 19.8 Å². The fraction of sp³-hybridized carbons (Fsp3) is 0.769. The Kier molecular flexibility index (Phi) is 53.7. The van der Waals surface area contributed by atoms with Crippen LogP contribution in [0, 0.1) is 0 Å². The first-order valence-corrected chi connectivity index (χ1v) is 32.5. The number of likely N-dealkylation sites (N-methyl/N-ethyl adjacent to an activating group) is 1. The minimum atomic E-state index is -4.36. The molecule has 8 nitrogen and oxygen atoms in total. The van der Waals surface area contributed by atoms with Gasteiger partial charge in [-0.1, -0.05) is 272 Å². The molecule has 0 aliphatic rings. The van der Waals surface area contributed by atoms with E-state index in [2.05, 4.69) is 92.1 Å². The number of phosphoric ester groups is 1. The van der Waals surface area contributed by atoms with Gasteiger partial charge in [0.25, 0.3) is 0 Å². The lowest BCUT2D eigenvalue weighted by Crippen LogP contribution is -2.45. The van der Waals surface area contributed by atoms with Gasteiger partial charge in [-0.25, -0.2) is 4.57 Å². The van der Waals surface area contributed by atoms with Crippen LogP contribution >= 0.6 is 7.82 Å². The Bertz CT molecular complexity index is 1480. The molecule has 3 N–H and O–H groups in total. The molecule has 0 saturated heterocycles. The molecule has 0 radical (unpaired) electrons. The number of allylic oxidation sites excluding steroid dienone is 13. The van der Waals surface area contributed by atoms with Gasteiger partial charge in [0.15, 0.2) is 0 Å². The predicted molar refractivity (Wildman–Crippen MR) is 323 cm³/mol. The molecule has 0 saturated carbocycles. The van der Waals surface area contributed by atoms with Crippen LogP contribution in [0.3, 0.4) is 0 Å². The smallest absolute Gasteiger partial charge is 0.387 e. The van der Waals surface area contributed by atoms with Gasteiger partial charge in [-0.3, -0.25) is 13.8 Å². The average molecular weight is 1060 g/mol. The zero-order valence-corrected chi connectivity index (χ0v) is 50.0. The molecule has 3 unspecified atom stereocenters. The maximum absolute atomic E-state index is 13.0. The molecule has 3 atom stereocenters. The Morgan fingerprint density at radius 3 is 1.24 bits per heavy atom. The highest BCUT2D eigenvalue weighted by Gasteiger charge is 2.27. The summed E-state index contributed by atoms with van der Waals surface area (Å²) in [6.07, 6.45) is 78.4. The summed E-state index contributed by atoms with van der Waals surface area (Å²) in [4.78, 5) is 23.3. The van der Waals surface area contributed by atoms with Crippen molar-refractivity contribution in [1.82, 2.24) is 5.32 Å². The topological polar surface area (TPSA) is 105 Å². The monoisotopic (exact) mass is 1060 g/mol. The van der Waals surface area contributed by atoms with Crippen molar-refractivity contribution >= 4 is 13.7 Å². The van der Waals surface area contributed by atoms with Gasteiger partial charge in [-0.2, -0.15) is 0 Å². The van der Waals surface area contributed by atoms with Crippen LogP contribution in [-0.4, -0.2) is 73.4 Å². The third kappa shape index (κ3) is 57.4. The number of hydrogen-bond donors (Lipinski definition) is 3. The third-order valence-electron chi connectivity index (χ3n) is 13.6.